The fraction of sp³-hybridized carbons (Fsp3) is 0.308. The minimum Gasteiger partial charge on any atom is -0.345 e. The molecular formula is C13H16N2O. The predicted molar refractivity (Wildman–Crippen MR) is 65.1 cm³/mol. The zero-order valence-electron chi connectivity index (χ0n) is 9.87. The minimum absolute atomic E-state index is 0.0404. The largest absolute Gasteiger partial charge is 0.345 e. The van der Waals surface area contributed by atoms with Gasteiger partial charge in [0.1, 0.15) is 0 Å². The Kier molecular flexibility index (Phi) is 4.10. The first-order valence-corrected chi connectivity index (χ1v) is 5.07. The topological polar surface area (TPSA) is 46.3 Å². The lowest BCUT2D eigenvalue weighted by atomic mass is 10.0. The third-order valence-corrected chi connectivity index (χ3v) is 2.14. The van der Waals surface area contributed by atoms with Gasteiger partial charge in [-0.1, -0.05) is 17.9 Å². The van der Waals surface area contributed by atoms with E-state index in [1.807, 2.05) is 19.1 Å². The van der Waals surface area contributed by atoms with Gasteiger partial charge in [-0.15, -0.1) is 0 Å². The summed E-state index contributed by atoms with van der Waals surface area (Å²) in [4.78, 5) is 13.4. The third-order valence-electron chi connectivity index (χ3n) is 2.14. The summed E-state index contributed by atoms with van der Waals surface area (Å²) in [6.45, 7) is 2.26. The lowest BCUT2D eigenvalue weighted by molar-refractivity contribution is 0.0827. The Morgan fingerprint density at radius 2 is 2.12 bits per heavy atom. The van der Waals surface area contributed by atoms with Gasteiger partial charge in [-0.05, 0) is 24.6 Å². The van der Waals surface area contributed by atoms with Crippen molar-refractivity contribution in [2.24, 2.45) is 5.73 Å². The van der Waals surface area contributed by atoms with E-state index in [0.717, 1.165) is 11.1 Å². The van der Waals surface area contributed by atoms with Crippen LogP contribution in [0.1, 0.15) is 21.5 Å². The number of benzene rings is 1. The Balaban J connectivity index is 3.22. The number of amides is 1. The van der Waals surface area contributed by atoms with Crippen molar-refractivity contribution in [3.63, 3.8) is 0 Å². The van der Waals surface area contributed by atoms with Crippen LogP contribution < -0.4 is 5.73 Å². The van der Waals surface area contributed by atoms with E-state index in [2.05, 4.69) is 11.8 Å². The minimum atomic E-state index is -0.0404. The van der Waals surface area contributed by atoms with Gasteiger partial charge in [0.15, 0.2) is 0 Å². The van der Waals surface area contributed by atoms with Crippen molar-refractivity contribution in [2.45, 2.75) is 6.92 Å². The number of hydrogen-bond acceptors (Lipinski definition) is 2. The van der Waals surface area contributed by atoms with E-state index in [0.29, 0.717) is 12.1 Å². The zero-order chi connectivity index (χ0) is 12.1. The summed E-state index contributed by atoms with van der Waals surface area (Å²) in [6, 6.07) is 5.61. The first-order valence-electron chi connectivity index (χ1n) is 5.07. The highest BCUT2D eigenvalue weighted by Crippen LogP contribution is 2.12. The normalized spacial score (nSPS) is 9.25. The summed E-state index contributed by atoms with van der Waals surface area (Å²) in [5.74, 6) is 5.66. The maximum absolute atomic E-state index is 11.9. The SMILES string of the molecule is Cc1ccc(C(=O)N(C)C)c(C#CCN)c1. The van der Waals surface area contributed by atoms with E-state index in [-0.39, 0.29) is 5.91 Å². The second kappa shape index (κ2) is 5.34. The molecule has 0 saturated carbocycles. The van der Waals surface area contributed by atoms with Crippen LogP contribution in [0.3, 0.4) is 0 Å². The molecule has 0 aliphatic rings. The monoisotopic (exact) mass is 216 g/mol. The van der Waals surface area contributed by atoms with Crippen LogP contribution in [0.4, 0.5) is 0 Å². The zero-order valence-corrected chi connectivity index (χ0v) is 9.87. The van der Waals surface area contributed by atoms with E-state index in [1.165, 1.54) is 4.90 Å². The van der Waals surface area contributed by atoms with Crippen LogP contribution in [0.15, 0.2) is 18.2 Å². The Morgan fingerprint density at radius 3 is 2.69 bits per heavy atom. The molecular weight excluding hydrogens is 200 g/mol. The molecule has 0 bridgehead atoms. The average Bonchev–Trinajstić information content (AvgIpc) is 2.25. The number of aryl methyl sites for hydroxylation is 1. The summed E-state index contributed by atoms with van der Waals surface area (Å²) in [5, 5.41) is 0. The van der Waals surface area contributed by atoms with Gasteiger partial charge in [-0.25, -0.2) is 0 Å². The maximum Gasteiger partial charge on any atom is 0.254 e. The Hall–Kier alpha value is -1.79. The molecule has 0 saturated heterocycles. The number of carbonyl (C=O) groups excluding carboxylic acids is 1. The van der Waals surface area contributed by atoms with Gasteiger partial charge in [0.25, 0.3) is 5.91 Å². The molecule has 84 valence electrons. The van der Waals surface area contributed by atoms with Gasteiger partial charge < -0.3 is 10.6 Å². The van der Waals surface area contributed by atoms with Crippen molar-refractivity contribution < 1.29 is 4.79 Å². The lowest BCUT2D eigenvalue weighted by Gasteiger charge is -2.12. The lowest BCUT2D eigenvalue weighted by Crippen LogP contribution is -2.22. The molecule has 3 heteroatoms. The van der Waals surface area contributed by atoms with Crippen LogP contribution in [-0.4, -0.2) is 31.4 Å². The molecule has 1 rings (SSSR count). The summed E-state index contributed by atoms with van der Waals surface area (Å²) in [6.07, 6.45) is 0. The molecule has 1 aromatic carbocycles. The van der Waals surface area contributed by atoms with Crippen molar-refractivity contribution in [3.05, 3.63) is 34.9 Å². The highest BCUT2D eigenvalue weighted by molar-refractivity contribution is 5.96. The molecule has 1 aromatic rings. The molecule has 0 atom stereocenters. The summed E-state index contributed by atoms with van der Waals surface area (Å²) < 4.78 is 0. The fourth-order valence-corrected chi connectivity index (χ4v) is 1.34. The first-order chi connectivity index (χ1) is 7.56. The summed E-state index contributed by atoms with van der Waals surface area (Å²) in [7, 11) is 3.45. The van der Waals surface area contributed by atoms with Crippen molar-refractivity contribution >= 4 is 5.91 Å². The second-order valence-electron chi connectivity index (χ2n) is 3.75. The molecule has 0 aliphatic heterocycles. The van der Waals surface area contributed by atoms with Crippen molar-refractivity contribution in [1.82, 2.24) is 4.90 Å². The van der Waals surface area contributed by atoms with Gasteiger partial charge in [0.2, 0.25) is 0 Å². The van der Waals surface area contributed by atoms with Crippen LogP contribution in [0.25, 0.3) is 0 Å². The molecule has 0 aromatic heterocycles. The smallest absolute Gasteiger partial charge is 0.254 e. The molecule has 0 fully saturated rings. The van der Waals surface area contributed by atoms with E-state index in [1.54, 1.807) is 20.2 Å². The van der Waals surface area contributed by atoms with Crippen LogP contribution in [0.5, 0.6) is 0 Å². The van der Waals surface area contributed by atoms with E-state index in [4.69, 9.17) is 5.73 Å². The molecule has 0 aliphatic carbocycles. The number of hydrogen-bond donors (Lipinski definition) is 1. The molecule has 1 amide bonds. The highest BCUT2D eigenvalue weighted by Gasteiger charge is 2.11. The number of nitrogens with two attached hydrogens (primary N) is 1. The molecule has 0 heterocycles. The van der Waals surface area contributed by atoms with Crippen LogP contribution in [-0.2, 0) is 0 Å². The quantitative estimate of drug-likeness (QED) is 0.712. The van der Waals surface area contributed by atoms with Crippen LogP contribution in [0, 0.1) is 18.8 Å². The average molecular weight is 216 g/mol. The second-order valence-corrected chi connectivity index (χ2v) is 3.75. The first kappa shape index (κ1) is 12.3. The molecule has 3 nitrogen and oxygen atoms in total. The van der Waals surface area contributed by atoms with Gasteiger partial charge in [0.05, 0.1) is 12.1 Å². The predicted octanol–water partition coefficient (Wildman–Crippen LogP) is 1.01. The van der Waals surface area contributed by atoms with Crippen LogP contribution in [0.2, 0.25) is 0 Å². The van der Waals surface area contributed by atoms with Crippen LogP contribution >= 0.6 is 0 Å². The Labute approximate surface area is 96.2 Å². The molecule has 0 unspecified atom stereocenters. The maximum atomic E-state index is 11.9. The molecule has 2 N–H and O–H groups in total. The van der Waals surface area contributed by atoms with Gasteiger partial charge >= 0.3 is 0 Å². The Morgan fingerprint density at radius 1 is 1.44 bits per heavy atom. The standard InChI is InChI=1S/C13H16N2O/c1-10-6-7-12(13(16)15(2)3)11(9-10)5-4-8-14/h6-7,9H,8,14H2,1-3H3. The van der Waals surface area contributed by atoms with Gasteiger partial charge in [-0.2, -0.15) is 0 Å². The molecule has 0 radical (unpaired) electrons. The van der Waals surface area contributed by atoms with E-state index in [9.17, 15) is 4.79 Å². The summed E-state index contributed by atoms with van der Waals surface area (Å²) in [5.41, 5.74) is 7.77. The van der Waals surface area contributed by atoms with Crippen molar-refractivity contribution in [3.8, 4) is 11.8 Å². The molecule has 16 heavy (non-hydrogen) atoms. The number of nitrogens with zero attached hydrogens (tertiary/aromatic N) is 1. The van der Waals surface area contributed by atoms with E-state index >= 15 is 0 Å². The Bertz CT molecular complexity index is 453. The number of rotatable bonds is 1. The highest BCUT2D eigenvalue weighted by atomic mass is 16.2. The number of carbonyl (C=O) groups is 1. The van der Waals surface area contributed by atoms with Crippen molar-refractivity contribution in [1.29, 1.82) is 0 Å². The van der Waals surface area contributed by atoms with Crippen molar-refractivity contribution in [2.75, 3.05) is 20.6 Å². The van der Waals surface area contributed by atoms with Gasteiger partial charge in [-0.3, -0.25) is 4.79 Å². The molecule has 0 spiro atoms. The fourth-order valence-electron chi connectivity index (χ4n) is 1.34. The van der Waals surface area contributed by atoms with E-state index < -0.39 is 0 Å². The third kappa shape index (κ3) is 2.85. The van der Waals surface area contributed by atoms with Gasteiger partial charge in [0, 0.05) is 19.7 Å². The summed E-state index contributed by atoms with van der Waals surface area (Å²) >= 11 is 0.